The van der Waals surface area contributed by atoms with Gasteiger partial charge in [0.25, 0.3) is 0 Å². The van der Waals surface area contributed by atoms with Gasteiger partial charge in [-0.25, -0.2) is 0 Å². The smallest absolute Gasteiger partial charge is 0.0236 e. The van der Waals surface area contributed by atoms with E-state index < -0.39 is 0 Å². The molecule has 1 atom stereocenters. The van der Waals surface area contributed by atoms with Gasteiger partial charge in [0.15, 0.2) is 0 Å². The largest absolute Gasteiger partial charge is 0.313 e. The first kappa shape index (κ1) is 13.6. The van der Waals surface area contributed by atoms with Crippen LogP contribution in [0.5, 0.6) is 0 Å². The second kappa shape index (κ2) is 5.85. The van der Waals surface area contributed by atoms with E-state index in [2.05, 4.69) is 50.2 Å². The summed E-state index contributed by atoms with van der Waals surface area (Å²) in [4.78, 5) is 2.45. The Bertz CT molecular complexity index is 383. The lowest BCUT2D eigenvalue weighted by molar-refractivity contribution is 0.292. The molecular weight excluding hydrogens is 220 g/mol. The number of aryl methyl sites for hydroxylation is 3. The summed E-state index contributed by atoms with van der Waals surface area (Å²) >= 11 is 0. The van der Waals surface area contributed by atoms with Gasteiger partial charge in [-0.3, -0.25) is 0 Å². The van der Waals surface area contributed by atoms with Crippen molar-refractivity contribution < 1.29 is 0 Å². The van der Waals surface area contributed by atoms with Gasteiger partial charge in [0, 0.05) is 19.1 Å². The van der Waals surface area contributed by atoms with Crippen LogP contribution in [0.1, 0.15) is 35.1 Å². The Morgan fingerprint density at radius 3 is 2.44 bits per heavy atom. The van der Waals surface area contributed by atoms with Crippen LogP contribution in [0.3, 0.4) is 0 Å². The first-order valence-corrected chi connectivity index (χ1v) is 7.05. The molecule has 1 saturated heterocycles. The van der Waals surface area contributed by atoms with E-state index >= 15 is 0 Å². The van der Waals surface area contributed by atoms with Crippen molar-refractivity contribution in [2.75, 3.05) is 20.1 Å². The third-order valence-corrected chi connectivity index (χ3v) is 3.96. The number of nitrogens with zero attached hydrogens (tertiary/aromatic N) is 1. The molecule has 0 aromatic heterocycles. The minimum absolute atomic E-state index is 0.695. The molecule has 1 N–H and O–H groups in total. The van der Waals surface area contributed by atoms with Crippen LogP contribution in [0.25, 0.3) is 0 Å². The Kier molecular flexibility index (Phi) is 4.41. The highest BCUT2D eigenvalue weighted by molar-refractivity contribution is 5.37. The van der Waals surface area contributed by atoms with E-state index in [-0.39, 0.29) is 0 Å². The van der Waals surface area contributed by atoms with Crippen molar-refractivity contribution in [3.8, 4) is 0 Å². The molecule has 1 heterocycles. The highest BCUT2D eigenvalue weighted by Gasteiger charge is 2.16. The molecule has 1 unspecified atom stereocenters. The molecule has 0 bridgehead atoms. The highest BCUT2D eigenvalue weighted by atomic mass is 15.1. The van der Waals surface area contributed by atoms with Gasteiger partial charge < -0.3 is 10.2 Å². The molecule has 2 nitrogen and oxygen atoms in total. The van der Waals surface area contributed by atoms with Gasteiger partial charge in [-0.1, -0.05) is 17.7 Å². The third-order valence-electron chi connectivity index (χ3n) is 3.96. The van der Waals surface area contributed by atoms with E-state index in [0.717, 1.165) is 13.1 Å². The van der Waals surface area contributed by atoms with Crippen LogP contribution in [-0.4, -0.2) is 31.1 Å². The topological polar surface area (TPSA) is 15.3 Å². The number of hydrogen-bond acceptors (Lipinski definition) is 2. The fourth-order valence-electron chi connectivity index (χ4n) is 3.08. The minimum Gasteiger partial charge on any atom is -0.313 e. The molecule has 1 aromatic carbocycles. The van der Waals surface area contributed by atoms with Crippen molar-refractivity contribution in [1.29, 1.82) is 0 Å². The van der Waals surface area contributed by atoms with Crippen LogP contribution in [0, 0.1) is 20.8 Å². The summed E-state index contributed by atoms with van der Waals surface area (Å²) in [7, 11) is 2.23. The van der Waals surface area contributed by atoms with E-state index in [9.17, 15) is 0 Å². The van der Waals surface area contributed by atoms with Gasteiger partial charge in [0.2, 0.25) is 0 Å². The lowest BCUT2D eigenvalue weighted by Crippen LogP contribution is -2.35. The summed E-state index contributed by atoms with van der Waals surface area (Å²) in [6.45, 7) is 10.1. The molecule has 18 heavy (non-hydrogen) atoms. The average Bonchev–Trinajstić information content (AvgIpc) is 2.76. The van der Waals surface area contributed by atoms with Crippen LogP contribution < -0.4 is 5.32 Å². The highest BCUT2D eigenvalue weighted by Crippen LogP contribution is 2.18. The summed E-state index contributed by atoms with van der Waals surface area (Å²) in [6, 6.07) is 5.29. The molecule has 100 valence electrons. The molecule has 1 fully saturated rings. The molecule has 0 spiro atoms. The van der Waals surface area contributed by atoms with Gasteiger partial charge >= 0.3 is 0 Å². The Morgan fingerprint density at radius 1 is 1.22 bits per heavy atom. The Balaban J connectivity index is 1.99. The monoisotopic (exact) mass is 246 g/mol. The Morgan fingerprint density at radius 2 is 1.89 bits per heavy atom. The maximum absolute atomic E-state index is 3.57. The average molecular weight is 246 g/mol. The fourth-order valence-corrected chi connectivity index (χ4v) is 3.08. The standard InChI is InChI=1S/C16H26N2/c1-12-8-13(2)16(14(3)9-12)11-18(4)10-15-6-5-7-17-15/h8-9,15,17H,5-7,10-11H2,1-4H3. The molecule has 2 heteroatoms. The van der Waals surface area contributed by atoms with Crippen molar-refractivity contribution in [2.45, 2.75) is 46.2 Å². The van der Waals surface area contributed by atoms with Crippen molar-refractivity contribution >= 4 is 0 Å². The predicted molar refractivity (Wildman–Crippen MR) is 78.0 cm³/mol. The van der Waals surface area contributed by atoms with E-state index in [1.54, 1.807) is 0 Å². The van der Waals surface area contributed by atoms with Crippen molar-refractivity contribution in [2.24, 2.45) is 0 Å². The van der Waals surface area contributed by atoms with Crippen LogP contribution in [-0.2, 0) is 6.54 Å². The predicted octanol–water partition coefficient (Wildman–Crippen LogP) is 2.80. The molecule has 0 aliphatic carbocycles. The normalized spacial score (nSPS) is 19.7. The van der Waals surface area contributed by atoms with Gasteiger partial charge in [-0.2, -0.15) is 0 Å². The molecular formula is C16H26N2. The number of likely N-dealkylation sites (N-methyl/N-ethyl adjacent to an activating group) is 1. The molecule has 1 aliphatic rings. The Labute approximate surface area is 111 Å². The zero-order valence-electron chi connectivity index (χ0n) is 12.2. The summed E-state index contributed by atoms with van der Waals surface area (Å²) in [6.07, 6.45) is 2.66. The van der Waals surface area contributed by atoms with Gasteiger partial charge in [-0.05, 0) is 63.9 Å². The molecule has 0 amide bonds. The fraction of sp³-hybridized carbons (Fsp3) is 0.625. The summed E-state index contributed by atoms with van der Waals surface area (Å²) < 4.78 is 0. The second-order valence-electron chi connectivity index (χ2n) is 5.87. The summed E-state index contributed by atoms with van der Waals surface area (Å²) in [5.74, 6) is 0. The van der Waals surface area contributed by atoms with Crippen LogP contribution in [0.15, 0.2) is 12.1 Å². The van der Waals surface area contributed by atoms with Gasteiger partial charge in [-0.15, -0.1) is 0 Å². The second-order valence-corrected chi connectivity index (χ2v) is 5.87. The first-order chi connectivity index (χ1) is 8.56. The van der Waals surface area contributed by atoms with Crippen LogP contribution in [0.4, 0.5) is 0 Å². The SMILES string of the molecule is Cc1cc(C)c(CN(C)CC2CCCN2)c(C)c1. The van der Waals surface area contributed by atoms with E-state index in [1.165, 1.54) is 41.6 Å². The molecule has 0 radical (unpaired) electrons. The van der Waals surface area contributed by atoms with Gasteiger partial charge in [0.05, 0.1) is 0 Å². The van der Waals surface area contributed by atoms with Crippen molar-refractivity contribution in [1.82, 2.24) is 10.2 Å². The number of benzene rings is 1. The third kappa shape index (κ3) is 3.33. The maximum Gasteiger partial charge on any atom is 0.0236 e. The number of rotatable bonds is 4. The maximum atomic E-state index is 3.57. The number of hydrogen-bond donors (Lipinski definition) is 1. The quantitative estimate of drug-likeness (QED) is 0.879. The minimum atomic E-state index is 0.695. The zero-order chi connectivity index (χ0) is 13.1. The van der Waals surface area contributed by atoms with Gasteiger partial charge in [0.1, 0.15) is 0 Å². The van der Waals surface area contributed by atoms with Crippen molar-refractivity contribution in [3.63, 3.8) is 0 Å². The molecule has 2 rings (SSSR count). The summed E-state index contributed by atoms with van der Waals surface area (Å²) in [5, 5.41) is 3.57. The van der Waals surface area contributed by atoms with E-state index in [0.29, 0.717) is 6.04 Å². The molecule has 0 saturated carbocycles. The lowest BCUT2D eigenvalue weighted by atomic mass is 9.99. The molecule has 1 aliphatic heterocycles. The zero-order valence-corrected chi connectivity index (χ0v) is 12.2. The van der Waals surface area contributed by atoms with E-state index in [1.807, 2.05) is 0 Å². The lowest BCUT2D eigenvalue weighted by Gasteiger charge is -2.23. The number of nitrogens with one attached hydrogen (secondary N) is 1. The van der Waals surface area contributed by atoms with E-state index in [4.69, 9.17) is 0 Å². The van der Waals surface area contributed by atoms with Crippen LogP contribution >= 0.6 is 0 Å². The first-order valence-electron chi connectivity index (χ1n) is 7.05. The molecule has 1 aromatic rings. The summed E-state index contributed by atoms with van der Waals surface area (Å²) in [5.41, 5.74) is 5.73. The Hall–Kier alpha value is -0.860. The van der Waals surface area contributed by atoms with Crippen molar-refractivity contribution in [3.05, 3.63) is 34.4 Å². The van der Waals surface area contributed by atoms with Crippen LogP contribution in [0.2, 0.25) is 0 Å².